The highest BCUT2D eigenvalue weighted by Gasteiger charge is 2.29. The van der Waals surface area contributed by atoms with Gasteiger partial charge < -0.3 is 10.4 Å². The molecule has 0 radical (unpaired) electrons. The fourth-order valence-electron chi connectivity index (χ4n) is 0.908. The average Bonchev–Trinajstić information content (AvgIpc) is 2.01. The summed E-state index contributed by atoms with van der Waals surface area (Å²) in [6.45, 7) is 7.41. The number of carbonyl (C=O) groups excluding carboxylic acids is 1. The molecule has 0 rings (SSSR count). The number of carboxylic acid groups (broad SMARTS) is 1. The van der Waals surface area contributed by atoms with Gasteiger partial charge in [-0.3, -0.25) is 9.59 Å². The van der Waals surface area contributed by atoms with Crippen molar-refractivity contribution in [2.24, 2.45) is 5.41 Å². The maximum absolute atomic E-state index is 11.3. The third-order valence-electron chi connectivity index (χ3n) is 1.99. The summed E-state index contributed by atoms with van der Waals surface area (Å²) in [5, 5.41) is 11.5. The van der Waals surface area contributed by atoms with Crippen LogP contribution in [0.5, 0.6) is 0 Å². The molecule has 15 heavy (non-hydrogen) atoms. The number of allylic oxidation sites excluding steroid dienone is 1. The Morgan fingerprint density at radius 2 is 1.87 bits per heavy atom. The van der Waals surface area contributed by atoms with Crippen LogP contribution in [0.4, 0.5) is 0 Å². The van der Waals surface area contributed by atoms with E-state index in [1.54, 1.807) is 0 Å². The van der Waals surface area contributed by atoms with Gasteiger partial charge in [-0.05, 0) is 27.7 Å². The van der Waals surface area contributed by atoms with E-state index in [1.165, 1.54) is 13.8 Å². The summed E-state index contributed by atoms with van der Waals surface area (Å²) >= 11 is 0. The number of carboxylic acids is 1. The van der Waals surface area contributed by atoms with E-state index in [2.05, 4.69) is 5.32 Å². The average molecular weight is 213 g/mol. The van der Waals surface area contributed by atoms with E-state index in [1.807, 2.05) is 19.9 Å². The van der Waals surface area contributed by atoms with Gasteiger partial charge in [-0.1, -0.05) is 11.6 Å². The molecule has 1 amide bonds. The van der Waals surface area contributed by atoms with Crippen molar-refractivity contribution >= 4 is 11.9 Å². The maximum Gasteiger partial charge on any atom is 0.309 e. The predicted octanol–water partition coefficient (Wildman–Crippen LogP) is 1.57. The third kappa shape index (κ3) is 5.88. The molecule has 0 aliphatic rings. The van der Waals surface area contributed by atoms with Gasteiger partial charge in [-0.2, -0.15) is 0 Å². The molecule has 0 saturated heterocycles. The maximum atomic E-state index is 11.3. The lowest BCUT2D eigenvalue weighted by atomic mass is 9.89. The lowest BCUT2D eigenvalue weighted by Gasteiger charge is -2.17. The molecule has 0 aliphatic carbocycles. The standard InChI is InChI=1S/C11H19NO3/c1-8(2)5-6-12-9(13)7-11(3,4)10(14)15/h5H,6-7H2,1-4H3,(H,12,13)(H,14,15). The SMILES string of the molecule is CC(C)=CCNC(=O)CC(C)(C)C(=O)O. The minimum Gasteiger partial charge on any atom is -0.481 e. The summed E-state index contributed by atoms with van der Waals surface area (Å²) in [5.41, 5.74) is 0.113. The third-order valence-corrected chi connectivity index (χ3v) is 1.99. The number of amides is 1. The lowest BCUT2D eigenvalue weighted by Crippen LogP contribution is -2.33. The Hall–Kier alpha value is -1.32. The second-order valence-electron chi connectivity index (χ2n) is 4.45. The van der Waals surface area contributed by atoms with Gasteiger partial charge in [-0.25, -0.2) is 0 Å². The number of hydrogen-bond acceptors (Lipinski definition) is 2. The first-order chi connectivity index (χ1) is 6.75. The van der Waals surface area contributed by atoms with Crippen LogP contribution >= 0.6 is 0 Å². The van der Waals surface area contributed by atoms with Crippen LogP contribution in [0.1, 0.15) is 34.1 Å². The fourth-order valence-corrected chi connectivity index (χ4v) is 0.908. The first-order valence-corrected chi connectivity index (χ1v) is 4.89. The van der Waals surface area contributed by atoms with Gasteiger partial charge in [0.2, 0.25) is 5.91 Å². The summed E-state index contributed by atoms with van der Waals surface area (Å²) in [7, 11) is 0. The van der Waals surface area contributed by atoms with Crippen molar-refractivity contribution in [2.75, 3.05) is 6.54 Å². The molecule has 0 heterocycles. The molecule has 86 valence electrons. The topological polar surface area (TPSA) is 66.4 Å². The second-order valence-corrected chi connectivity index (χ2v) is 4.45. The lowest BCUT2D eigenvalue weighted by molar-refractivity contribution is -0.149. The van der Waals surface area contributed by atoms with Crippen molar-refractivity contribution in [1.29, 1.82) is 0 Å². The van der Waals surface area contributed by atoms with Gasteiger partial charge in [0.05, 0.1) is 5.41 Å². The summed E-state index contributed by atoms with van der Waals surface area (Å²) in [6.07, 6.45) is 1.88. The van der Waals surface area contributed by atoms with E-state index < -0.39 is 11.4 Å². The zero-order chi connectivity index (χ0) is 12.1. The quantitative estimate of drug-likeness (QED) is 0.681. The van der Waals surface area contributed by atoms with Crippen LogP contribution in [0, 0.1) is 5.41 Å². The Bertz CT molecular complexity index is 276. The van der Waals surface area contributed by atoms with E-state index in [9.17, 15) is 9.59 Å². The van der Waals surface area contributed by atoms with Crippen molar-refractivity contribution in [3.63, 3.8) is 0 Å². The molecular weight excluding hydrogens is 194 g/mol. The van der Waals surface area contributed by atoms with Crippen LogP contribution in [-0.4, -0.2) is 23.5 Å². The van der Waals surface area contributed by atoms with E-state index in [-0.39, 0.29) is 12.3 Å². The largest absolute Gasteiger partial charge is 0.481 e. The molecule has 4 nitrogen and oxygen atoms in total. The monoisotopic (exact) mass is 213 g/mol. The fraction of sp³-hybridized carbons (Fsp3) is 0.636. The van der Waals surface area contributed by atoms with Gasteiger partial charge in [0.15, 0.2) is 0 Å². The molecule has 0 unspecified atom stereocenters. The Balaban J connectivity index is 4.05. The number of rotatable bonds is 5. The first-order valence-electron chi connectivity index (χ1n) is 4.89. The Kier molecular flexibility index (Phi) is 5.05. The van der Waals surface area contributed by atoms with Crippen LogP contribution in [0.25, 0.3) is 0 Å². The molecule has 0 aromatic rings. The predicted molar refractivity (Wildman–Crippen MR) is 58.5 cm³/mol. The first kappa shape index (κ1) is 13.7. The van der Waals surface area contributed by atoms with Crippen molar-refractivity contribution in [1.82, 2.24) is 5.32 Å². The van der Waals surface area contributed by atoms with E-state index in [4.69, 9.17) is 5.11 Å². The Morgan fingerprint density at radius 1 is 1.33 bits per heavy atom. The van der Waals surface area contributed by atoms with Gasteiger partial charge >= 0.3 is 5.97 Å². The van der Waals surface area contributed by atoms with Crippen LogP contribution in [0.2, 0.25) is 0 Å². The highest BCUT2D eigenvalue weighted by Crippen LogP contribution is 2.19. The molecule has 2 N–H and O–H groups in total. The Labute approximate surface area is 90.4 Å². The smallest absolute Gasteiger partial charge is 0.309 e. The molecule has 0 fully saturated rings. The van der Waals surface area contributed by atoms with E-state index in [0.29, 0.717) is 6.54 Å². The number of hydrogen-bond donors (Lipinski definition) is 2. The minimum atomic E-state index is -1.00. The summed E-state index contributed by atoms with van der Waals surface area (Å²) < 4.78 is 0. The molecule has 0 aromatic heterocycles. The molecule has 0 spiro atoms. The molecular formula is C11H19NO3. The van der Waals surface area contributed by atoms with E-state index in [0.717, 1.165) is 5.57 Å². The van der Waals surface area contributed by atoms with Gasteiger partial charge in [0, 0.05) is 13.0 Å². The van der Waals surface area contributed by atoms with Crippen molar-refractivity contribution < 1.29 is 14.7 Å². The number of aliphatic carboxylic acids is 1. The highest BCUT2D eigenvalue weighted by molar-refractivity contribution is 5.84. The Morgan fingerprint density at radius 3 is 2.27 bits per heavy atom. The summed E-state index contributed by atoms with van der Waals surface area (Å²) in [6, 6.07) is 0. The molecule has 0 aromatic carbocycles. The molecule has 4 heteroatoms. The second kappa shape index (κ2) is 5.53. The number of carbonyl (C=O) groups is 2. The summed E-state index contributed by atoms with van der Waals surface area (Å²) in [5.74, 6) is -1.19. The zero-order valence-corrected chi connectivity index (χ0v) is 9.76. The van der Waals surface area contributed by atoms with Crippen molar-refractivity contribution in [3.8, 4) is 0 Å². The van der Waals surface area contributed by atoms with Crippen molar-refractivity contribution in [2.45, 2.75) is 34.1 Å². The molecule has 0 aliphatic heterocycles. The van der Waals surface area contributed by atoms with Gasteiger partial charge in [0.25, 0.3) is 0 Å². The normalized spacial score (nSPS) is 10.7. The number of nitrogens with one attached hydrogen (secondary N) is 1. The van der Waals surface area contributed by atoms with Crippen LogP contribution < -0.4 is 5.32 Å². The molecule has 0 bridgehead atoms. The highest BCUT2D eigenvalue weighted by atomic mass is 16.4. The molecule has 0 atom stereocenters. The minimum absolute atomic E-state index is 0.00106. The van der Waals surface area contributed by atoms with Crippen LogP contribution in [0.3, 0.4) is 0 Å². The van der Waals surface area contributed by atoms with Crippen LogP contribution in [-0.2, 0) is 9.59 Å². The van der Waals surface area contributed by atoms with Gasteiger partial charge in [-0.15, -0.1) is 0 Å². The van der Waals surface area contributed by atoms with Gasteiger partial charge in [0.1, 0.15) is 0 Å². The molecule has 0 saturated carbocycles. The zero-order valence-electron chi connectivity index (χ0n) is 9.76. The summed E-state index contributed by atoms with van der Waals surface area (Å²) in [4.78, 5) is 22.1. The van der Waals surface area contributed by atoms with Crippen LogP contribution in [0.15, 0.2) is 11.6 Å². The van der Waals surface area contributed by atoms with Crippen molar-refractivity contribution in [3.05, 3.63) is 11.6 Å². The van der Waals surface area contributed by atoms with E-state index >= 15 is 0 Å².